The lowest BCUT2D eigenvalue weighted by Gasteiger charge is -2.16. The standard InChI is InChI=1S/C12H18BrN/c1-8(2)6-12(14)10-5-4-9(3)7-11(10)13/h4-5,7-8,12H,6,14H2,1-3H3/t12-/m0/s1. The minimum Gasteiger partial charge on any atom is -0.324 e. The Morgan fingerprint density at radius 1 is 1.36 bits per heavy atom. The molecule has 0 aliphatic carbocycles. The van der Waals surface area contributed by atoms with Crippen molar-refractivity contribution in [3.63, 3.8) is 0 Å². The van der Waals surface area contributed by atoms with Crippen LogP contribution >= 0.6 is 15.9 Å². The quantitative estimate of drug-likeness (QED) is 0.874. The van der Waals surface area contributed by atoms with Crippen molar-refractivity contribution in [2.75, 3.05) is 0 Å². The average molecular weight is 256 g/mol. The fourth-order valence-electron chi connectivity index (χ4n) is 1.57. The van der Waals surface area contributed by atoms with Crippen molar-refractivity contribution in [1.82, 2.24) is 0 Å². The predicted molar refractivity (Wildman–Crippen MR) is 65.3 cm³/mol. The van der Waals surface area contributed by atoms with E-state index in [9.17, 15) is 0 Å². The van der Waals surface area contributed by atoms with E-state index < -0.39 is 0 Å². The van der Waals surface area contributed by atoms with Gasteiger partial charge in [-0.3, -0.25) is 0 Å². The summed E-state index contributed by atoms with van der Waals surface area (Å²) >= 11 is 3.56. The van der Waals surface area contributed by atoms with Crippen molar-refractivity contribution in [2.45, 2.75) is 33.2 Å². The molecule has 0 heterocycles. The monoisotopic (exact) mass is 255 g/mol. The Morgan fingerprint density at radius 2 is 2.00 bits per heavy atom. The Balaban J connectivity index is 2.84. The molecule has 1 aromatic rings. The van der Waals surface area contributed by atoms with Crippen molar-refractivity contribution >= 4 is 15.9 Å². The van der Waals surface area contributed by atoms with Crippen molar-refractivity contribution in [1.29, 1.82) is 0 Å². The number of nitrogens with two attached hydrogens (primary N) is 1. The van der Waals surface area contributed by atoms with Crippen LogP contribution in [-0.2, 0) is 0 Å². The van der Waals surface area contributed by atoms with Gasteiger partial charge in [-0.2, -0.15) is 0 Å². The molecule has 0 bridgehead atoms. The SMILES string of the molecule is Cc1ccc([C@@H](N)CC(C)C)c(Br)c1. The third-order valence-electron chi connectivity index (χ3n) is 2.28. The van der Waals surface area contributed by atoms with Gasteiger partial charge in [-0.15, -0.1) is 0 Å². The molecule has 0 aromatic heterocycles. The first kappa shape index (κ1) is 11.7. The van der Waals surface area contributed by atoms with E-state index in [1.54, 1.807) is 0 Å². The Hall–Kier alpha value is -0.340. The van der Waals surface area contributed by atoms with Gasteiger partial charge in [0.25, 0.3) is 0 Å². The zero-order chi connectivity index (χ0) is 10.7. The van der Waals surface area contributed by atoms with E-state index >= 15 is 0 Å². The Bertz CT molecular complexity index is 307. The van der Waals surface area contributed by atoms with Gasteiger partial charge in [-0.25, -0.2) is 0 Å². The zero-order valence-electron chi connectivity index (χ0n) is 9.05. The summed E-state index contributed by atoms with van der Waals surface area (Å²) in [6.45, 7) is 6.48. The third-order valence-corrected chi connectivity index (χ3v) is 2.97. The van der Waals surface area contributed by atoms with Gasteiger partial charge in [0, 0.05) is 10.5 Å². The number of hydrogen-bond donors (Lipinski definition) is 1. The van der Waals surface area contributed by atoms with E-state index in [0.29, 0.717) is 5.92 Å². The molecule has 2 N–H and O–H groups in total. The maximum atomic E-state index is 6.12. The van der Waals surface area contributed by atoms with E-state index in [1.807, 2.05) is 0 Å². The molecule has 1 rings (SSSR count). The van der Waals surface area contributed by atoms with E-state index in [0.717, 1.165) is 10.9 Å². The summed E-state index contributed by atoms with van der Waals surface area (Å²) in [4.78, 5) is 0. The van der Waals surface area contributed by atoms with Gasteiger partial charge >= 0.3 is 0 Å². The smallest absolute Gasteiger partial charge is 0.0308 e. The highest BCUT2D eigenvalue weighted by atomic mass is 79.9. The van der Waals surface area contributed by atoms with Gasteiger partial charge in [-0.1, -0.05) is 41.9 Å². The molecule has 14 heavy (non-hydrogen) atoms. The molecule has 0 spiro atoms. The van der Waals surface area contributed by atoms with Crippen LogP contribution in [0, 0.1) is 12.8 Å². The largest absolute Gasteiger partial charge is 0.324 e. The summed E-state index contributed by atoms with van der Waals surface area (Å²) in [6, 6.07) is 6.49. The number of hydrogen-bond acceptors (Lipinski definition) is 1. The molecule has 0 aliphatic rings. The highest BCUT2D eigenvalue weighted by Crippen LogP contribution is 2.26. The number of benzene rings is 1. The molecule has 0 aliphatic heterocycles. The normalized spacial score (nSPS) is 13.3. The summed E-state index contributed by atoms with van der Waals surface area (Å²) in [5.41, 5.74) is 8.59. The molecule has 0 radical (unpaired) electrons. The number of rotatable bonds is 3. The van der Waals surface area contributed by atoms with Gasteiger partial charge < -0.3 is 5.73 Å². The molecule has 2 heteroatoms. The van der Waals surface area contributed by atoms with Crippen LogP contribution in [-0.4, -0.2) is 0 Å². The Morgan fingerprint density at radius 3 is 2.50 bits per heavy atom. The topological polar surface area (TPSA) is 26.0 Å². The number of halogens is 1. The summed E-state index contributed by atoms with van der Waals surface area (Å²) in [5.74, 6) is 0.637. The number of aryl methyl sites for hydroxylation is 1. The van der Waals surface area contributed by atoms with Gasteiger partial charge in [-0.05, 0) is 36.5 Å². The fourth-order valence-corrected chi connectivity index (χ4v) is 2.35. The summed E-state index contributed by atoms with van der Waals surface area (Å²) in [5, 5.41) is 0. The van der Waals surface area contributed by atoms with Gasteiger partial charge in [0.05, 0.1) is 0 Å². The first-order valence-corrected chi connectivity index (χ1v) is 5.81. The molecular formula is C12H18BrN. The van der Waals surface area contributed by atoms with Crippen LogP contribution in [0.3, 0.4) is 0 Å². The lowest BCUT2D eigenvalue weighted by molar-refractivity contribution is 0.509. The highest BCUT2D eigenvalue weighted by molar-refractivity contribution is 9.10. The first-order chi connectivity index (χ1) is 6.50. The molecule has 0 saturated heterocycles. The van der Waals surface area contributed by atoms with Gasteiger partial charge in [0.15, 0.2) is 0 Å². The van der Waals surface area contributed by atoms with Crippen molar-refractivity contribution in [3.05, 3.63) is 33.8 Å². The van der Waals surface area contributed by atoms with Crippen molar-refractivity contribution in [3.8, 4) is 0 Å². The lowest BCUT2D eigenvalue weighted by Crippen LogP contribution is -2.13. The molecular weight excluding hydrogens is 238 g/mol. The molecule has 0 amide bonds. The third kappa shape index (κ3) is 3.10. The average Bonchev–Trinajstić information content (AvgIpc) is 2.01. The molecule has 0 unspecified atom stereocenters. The molecule has 1 atom stereocenters. The maximum absolute atomic E-state index is 6.12. The van der Waals surface area contributed by atoms with E-state index in [1.165, 1.54) is 11.1 Å². The highest BCUT2D eigenvalue weighted by Gasteiger charge is 2.11. The molecule has 1 aromatic carbocycles. The van der Waals surface area contributed by atoms with E-state index in [-0.39, 0.29) is 6.04 Å². The van der Waals surface area contributed by atoms with Crippen molar-refractivity contribution < 1.29 is 0 Å². The van der Waals surface area contributed by atoms with Gasteiger partial charge in [0.1, 0.15) is 0 Å². The van der Waals surface area contributed by atoms with Crippen LogP contribution in [0.15, 0.2) is 22.7 Å². The van der Waals surface area contributed by atoms with Crippen LogP contribution in [0.1, 0.15) is 37.4 Å². The van der Waals surface area contributed by atoms with Crippen LogP contribution in [0.2, 0.25) is 0 Å². The van der Waals surface area contributed by atoms with E-state index in [4.69, 9.17) is 5.73 Å². The second kappa shape index (κ2) is 4.94. The Kier molecular flexibility index (Phi) is 4.14. The van der Waals surface area contributed by atoms with Crippen LogP contribution in [0.5, 0.6) is 0 Å². The zero-order valence-corrected chi connectivity index (χ0v) is 10.6. The molecule has 78 valence electrons. The van der Waals surface area contributed by atoms with Crippen LogP contribution in [0.4, 0.5) is 0 Å². The molecule has 0 saturated carbocycles. The lowest BCUT2D eigenvalue weighted by atomic mass is 9.97. The van der Waals surface area contributed by atoms with Crippen molar-refractivity contribution in [2.24, 2.45) is 11.7 Å². The van der Waals surface area contributed by atoms with Crippen LogP contribution < -0.4 is 5.73 Å². The summed E-state index contributed by atoms with van der Waals surface area (Å²) < 4.78 is 1.13. The molecule has 1 nitrogen and oxygen atoms in total. The molecule has 0 fully saturated rings. The second-order valence-electron chi connectivity index (χ2n) is 4.26. The Labute approximate surface area is 94.8 Å². The van der Waals surface area contributed by atoms with Crippen LogP contribution in [0.25, 0.3) is 0 Å². The predicted octanol–water partition coefficient (Wildman–Crippen LogP) is 3.80. The minimum atomic E-state index is 0.143. The minimum absolute atomic E-state index is 0.143. The summed E-state index contributed by atoms with van der Waals surface area (Å²) in [7, 11) is 0. The van der Waals surface area contributed by atoms with Gasteiger partial charge in [0.2, 0.25) is 0 Å². The second-order valence-corrected chi connectivity index (χ2v) is 5.12. The maximum Gasteiger partial charge on any atom is 0.0308 e. The van der Waals surface area contributed by atoms with E-state index in [2.05, 4.69) is 54.9 Å². The first-order valence-electron chi connectivity index (χ1n) is 5.02. The fraction of sp³-hybridized carbons (Fsp3) is 0.500. The summed E-state index contributed by atoms with van der Waals surface area (Å²) in [6.07, 6.45) is 1.03.